The van der Waals surface area contributed by atoms with Crippen molar-refractivity contribution >= 4 is 54.9 Å². The third-order valence-electron chi connectivity index (χ3n) is 4.64. The lowest BCUT2D eigenvalue weighted by Crippen LogP contribution is -2.34. The van der Waals surface area contributed by atoms with E-state index in [1.54, 1.807) is 30.3 Å². The lowest BCUT2D eigenvalue weighted by Gasteiger charge is -2.12. The van der Waals surface area contributed by atoms with Gasteiger partial charge in [0.05, 0.1) is 16.0 Å². The molecule has 2 aromatic carbocycles. The minimum atomic E-state index is -3.54. The van der Waals surface area contributed by atoms with E-state index in [1.807, 2.05) is 6.92 Å². The molecule has 0 saturated heterocycles. The standard InChI is InChI=1S/C23H30BrN3O4S2/c1-3-5-6-7-15-31-21-13-8-17(16-20(21)24)22(28)27-23(32)26-18-9-11-19(12-10-18)33(29,30)25-14-4-2/h8-13,16,25H,3-7,14-15H2,1-2H3,(H2,26,27,28,32). The molecule has 0 aliphatic rings. The van der Waals surface area contributed by atoms with Crippen LogP contribution in [0.5, 0.6) is 5.75 Å². The monoisotopic (exact) mass is 555 g/mol. The molecule has 7 nitrogen and oxygen atoms in total. The number of carbonyl (C=O) groups excluding carboxylic acids is 1. The number of anilines is 1. The van der Waals surface area contributed by atoms with Gasteiger partial charge in [-0.25, -0.2) is 13.1 Å². The Bertz CT molecular complexity index is 1040. The van der Waals surface area contributed by atoms with Crippen LogP contribution in [-0.4, -0.2) is 32.6 Å². The second-order valence-corrected chi connectivity index (χ2v) is 10.4. The van der Waals surface area contributed by atoms with Crippen LogP contribution in [0.4, 0.5) is 5.69 Å². The third-order valence-corrected chi connectivity index (χ3v) is 6.94. The average molecular weight is 557 g/mol. The smallest absolute Gasteiger partial charge is 0.257 e. The van der Waals surface area contributed by atoms with E-state index in [1.165, 1.54) is 25.0 Å². The van der Waals surface area contributed by atoms with Gasteiger partial charge in [-0.15, -0.1) is 0 Å². The molecule has 0 heterocycles. The summed E-state index contributed by atoms with van der Waals surface area (Å²) < 4.78 is 33.3. The number of thiocarbonyl (C=S) groups is 1. The predicted octanol–water partition coefficient (Wildman–Crippen LogP) is 5.22. The maximum Gasteiger partial charge on any atom is 0.257 e. The van der Waals surface area contributed by atoms with E-state index >= 15 is 0 Å². The van der Waals surface area contributed by atoms with E-state index < -0.39 is 10.0 Å². The van der Waals surface area contributed by atoms with Crippen LogP contribution < -0.4 is 20.1 Å². The number of carbonyl (C=O) groups is 1. The summed E-state index contributed by atoms with van der Waals surface area (Å²) in [4.78, 5) is 12.7. The van der Waals surface area contributed by atoms with Crippen molar-refractivity contribution in [3.05, 3.63) is 52.5 Å². The van der Waals surface area contributed by atoms with Gasteiger partial charge < -0.3 is 10.1 Å². The first kappa shape index (κ1) is 27.2. The molecule has 3 N–H and O–H groups in total. The van der Waals surface area contributed by atoms with Crippen LogP contribution in [0.2, 0.25) is 0 Å². The van der Waals surface area contributed by atoms with E-state index in [0.717, 1.165) is 12.8 Å². The molecule has 33 heavy (non-hydrogen) atoms. The van der Waals surface area contributed by atoms with Gasteiger partial charge in [-0.1, -0.05) is 33.1 Å². The second-order valence-electron chi connectivity index (χ2n) is 7.38. The maximum absolute atomic E-state index is 12.5. The fourth-order valence-corrected chi connectivity index (χ4v) is 4.68. The van der Waals surface area contributed by atoms with Gasteiger partial charge in [-0.05, 0) is 83.5 Å². The molecule has 1 amide bonds. The number of hydrogen-bond acceptors (Lipinski definition) is 5. The first-order valence-corrected chi connectivity index (χ1v) is 13.6. The van der Waals surface area contributed by atoms with Crippen LogP contribution in [0.3, 0.4) is 0 Å². The number of rotatable bonds is 12. The fraction of sp³-hybridized carbons (Fsp3) is 0.391. The highest BCUT2D eigenvalue weighted by atomic mass is 79.9. The topological polar surface area (TPSA) is 96.5 Å². The Hall–Kier alpha value is -2.01. The summed E-state index contributed by atoms with van der Waals surface area (Å²) in [6, 6.07) is 11.2. The van der Waals surface area contributed by atoms with Crippen LogP contribution in [0.1, 0.15) is 56.3 Å². The Kier molecular flexibility index (Phi) is 11.3. The Morgan fingerprint density at radius 2 is 1.76 bits per heavy atom. The predicted molar refractivity (Wildman–Crippen MR) is 139 cm³/mol. The fourth-order valence-electron chi connectivity index (χ4n) is 2.84. The highest BCUT2D eigenvalue weighted by Gasteiger charge is 2.14. The molecule has 0 saturated carbocycles. The Balaban J connectivity index is 1.90. The Morgan fingerprint density at radius 3 is 2.39 bits per heavy atom. The summed E-state index contributed by atoms with van der Waals surface area (Å²) in [5.41, 5.74) is 0.982. The van der Waals surface area contributed by atoms with Crippen LogP contribution >= 0.6 is 28.1 Å². The number of ether oxygens (including phenoxy) is 1. The van der Waals surface area contributed by atoms with Crippen molar-refractivity contribution in [3.63, 3.8) is 0 Å². The van der Waals surface area contributed by atoms with E-state index in [-0.39, 0.29) is 15.9 Å². The van der Waals surface area contributed by atoms with Crippen molar-refractivity contribution in [2.24, 2.45) is 0 Å². The molecule has 0 aromatic heterocycles. The summed E-state index contributed by atoms with van der Waals surface area (Å²) >= 11 is 8.67. The van der Waals surface area contributed by atoms with Gasteiger partial charge in [-0.3, -0.25) is 10.1 Å². The van der Waals surface area contributed by atoms with E-state index in [0.29, 0.717) is 41.0 Å². The molecular formula is C23H30BrN3O4S2. The van der Waals surface area contributed by atoms with Crippen molar-refractivity contribution in [3.8, 4) is 5.75 Å². The van der Waals surface area contributed by atoms with Crippen molar-refractivity contribution in [2.45, 2.75) is 50.8 Å². The number of amides is 1. The molecule has 0 spiro atoms. The summed E-state index contributed by atoms with van der Waals surface area (Å²) in [5, 5.41) is 5.61. The average Bonchev–Trinajstić information content (AvgIpc) is 2.78. The zero-order chi connectivity index (χ0) is 24.3. The molecule has 0 bridgehead atoms. The molecule has 0 radical (unpaired) electrons. The normalized spacial score (nSPS) is 11.1. The number of unbranched alkanes of at least 4 members (excludes halogenated alkanes) is 3. The lowest BCUT2D eigenvalue weighted by molar-refractivity contribution is 0.0977. The van der Waals surface area contributed by atoms with Crippen LogP contribution in [0, 0.1) is 0 Å². The van der Waals surface area contributed by atoms with Crippen molar-refractivity contribution in [1.82, 2.24) is 10.0 Å². The van der Waals surface area contributed by atoms with Gasteiger partial charge in [0.15, 0.2) is 5.11 Å². The number of sulfonamides is 1. The minimum Gasteiger partial charge on any atom is -0.492 e. The van der Waals surface area contributed by atoms with E-state index in [4.69, 9.17) is 17.0 Å². The van der Waals surface area contributed by atoms with E-state index in [2.05, 4.69) is 38.2 Å². The molecule has 2 aromatic rings. The van der Waals surface area contributed by atoms with Crippen molar-refractivity contribution in [1.29, 1.82) is 0 Å². The number of nitrogens with one attached hydrogen (secondary N) is 3. The molecule has 0 fully saturated rings. The largest absolute Gasteiger partial charge is 0.492 e. The molecule has 0 atom stereocenters. The third kappa shape index (κ3) is 9.04. The van der Waals surface area contributed by atoms with Crippen LogP contribution in [0.25, 0.3) is 0 Å². The first-order chi connectivity index (χ1) is 15.8. The van der Waals surface area contributed by atoms with E-state index in [9.17, 15) is 13.2 Å². The summed E-state index contributed by atoms with van der Waals surface area (Å²) in [6.45, 7) is 5.06. The van der Waals surface area contributed by atoms with Gasteiger partial charge in [0.2, 0.25) is 10.0 Å². The van der Waals surface area contributed by atoms with Crippen molar-refractivity contribution in [2.75, 3.05) is 18.5 Å². The molecule has 10 heteroatoms. The number of hydrogen-bond donors (Lipinski definition) is 3. The highest BCUT2D eigenvalue weighted by Crippen LogP contribution is 2.26. The van der Waals surface area contributed by atoms with Gasteiger partial charge in [0.25, 0.3) is 5.91 Å². The van der Waals surface area contributed by atoms with Crippen LogP contribution in [0.15, 0.2) is 51.8 Å². The summed E-state index contributed by atoms with van der Waals surface area (Å²) in [6.07, 6.45) is 5.20. The molecule has 0 aliphatic heterocycles. The van der Waals surface area contributed by atoms with Crippen LogP contribution in [-0.2, 0) is 10.0 Å². The molecule has 0 unspecified atom stereocenters. The second kappa shape index (κ2) is 13.6. The van der Waals surface area contributed by atoms with Gasteiger partial charge in [-0.2, -0.15) is 0 Å². The molecule has 180 valence electrons. The van der Waals surface area contributed by atoms with Gasteiger partial charge in [0, 0.05) is 17.8 Å². The Labute approximate surface area is 209 Å². The zero-order valence-electron chi connectivity index (χ0n) is 18.8. The number of halogens is 1. The number of benzene rings is 2. The lowest BCUT2D eigenvalue weighted by atomic mass is 10.2. The summed E-state index contributed by atoms with van der Waals surface area (Å²) in [5.74, 6) is 0.317. The quantitative estimate of drug-likeness (QED) is 0.245. The van der Waals surface area contributed by atoms with Gasteiger partial charge in [0.1, 0.15) is 5.75 Å². The summed E-state index contributed by atoms with van der Waals surface area (Å²) in [7, 11) is -3.54. The highest BCUT2D eigenvalue weighted by molar-refractivity contribution is 9.10. The zero-order valence-corrected chi connectivity index (χ0v) is 22.0. The minimum absolute atomic E-state index is 0.104. The van der Waals surface area contributed by atoms with Crippen molar-refractivity contribution < 1.29 is 17.9 Å². The molecule has 2 rings (SSSR count). The SMILES string of the molecule is CCCCCCOc1ccc(C(=O)NC(=S)Nc2ccc(S(=O)(=O)NCCC)cc2)cc1Br. The maximum atomic E-state index is 12.5. The first-order valence-electron chi connectivity index (χ1n) is 10.9. The Morgan fingerprint density at radius 1 is 1.03 bits per heavy atom. The molecular weight excluding hydrogens is 526 g/mol. The van der Waals surface area contributed by atoms with Gasteiger partial charge >= 0.3 is 0 Å². The molecule has 0 aliphatic carbocycles.